The first-order chi connectivity index (χ1) is 10.3. The predicted molar refractivity (Wildman–Crippen MR) is 90.4 cm³/mol. The zero-order valence-electron chi connectivity index (χ0n) is 14.3. The highest BCUT2D eigenvalue weighted by Gasteiger charge is 2.18. The van der Waals surface area contributed by atoms with E-state index in [1.807, 2.05) is 19.1 Å². The summed E-state index contributed by atoms with van der Waals surface area (Å²) < 4.78 is 0. The predicted octanol–water partition coefficient (Wildman–Crippen LogP) is 2.26. The molecule has 1 unspecified atom stereocenters. The fraction of sp³-hybridized carbons (Fsp3) is 0.667. The number of aryl methyl sites for hydroxylation is 1. The van der Waals surface area contributed by atoms with E-state index < -0.39 is 6.10 Å². The number of phenols is 1. The molecule has 4 N–H and O–H groups in total. The van der Waals surface area contributed by atoms with Crippen molar-refractivity contribution in [2.45, 2.75) is 58.5 Å². The van der Waals surface area contributed by atoms with Gasteiger partial charge in [-0.1, -0.05) is 32.9 Å². The number of benzene rings is 1. The quantitative estimate of drug-likeness (QED) is 0.556. The zero-order chi connectivity index (χ0) is 16.8. The summed E-state index contributed by atoms with van der Waals surface area (Å²) >= 11 is 0. The van der Waals surface area contributed by atoms with Gasteiger partial charge in [-0.2, -0.15) is 0 Å². The minimum atomic E-state index is -0.484. The normalized spacial score (nSPS) is 13.4. The third-order valence-corrected chi connectivity index (χ3v) is 3.87. The molecule has 0 bridgehead atoms. The molecule has 0 saturated heterocycles. The van der Waals surface area contributed by atoms with Crippen LogP contribution < -0.4 is 5.32 Å². The van der Waals surface area contributed by atoms with Crippen molar-refractivity contribution in [1.82, 2.24) is 5.32 Å². The van der Waals surface area contributed by atoms with Gasteiger partial charge in [0.05, 0.1) is 6.10 Å². The van der Waals surface area contributed by atoms with Crippen molar-refractivity contribution < 1.29 is 15.3 Å². The van der Waals surface area contributed by atoms with Crippen molar-refractivity contribution in [2.75, 3.05) is 19.7 Å². The first-order valence-electron chi connectivity index (χ1n) is 8.08. The molecule has 0 amide bonds. The van der Waals surface area contributed by atoms with Crippen LogP contribution in [0.3, 0.4) is 0 Å². The van der Waals surface area contributed by atoms with Crippen LogP contribution in [0.1, 0.15) is 50.3 Å². The van der Waals surface area contributed by atoms with E-state index in [1.165, 1.54) is 5.56 Å². The van der Waals surface area contributed by atoms with Crippen LogP contribution in [0.2, 0.25) is 0 Å². The molecule has 126 valence electrons. The summed E-state index contributed by atoms with van der Waals surface area (Å²) in [5, 5.41) is 32.3. The Morgan fingerprint density at radius 2 is 1.86 bits per heavy atom. The maximum atomic E-state index is 10.2. The lowest BCUT2D eigenvalue weighted by atomic mass is 9.84. The first-order valence-corrected chi connectivity index (χ1v) is 8.08. The second-order valence-electron chi connectivity index (χ2n) is 7.02. The maximum absolute atomic E-state index is 10.2. The molecule has 0 aliphatic heterocycles. The molecule has 22 heavy (non-hydrogen) atoms. The Morgan fingerprint density at radius 3 is 2.45 bits per heavy atom. The molecule has 1 aromatic carbocycles. The zero-order valence-corrected chi connectivity index (χ0v) is 14.3. The summed E-state index contributed by atoms with van der Waals surface area (Å²) in [5.41, 5.74) is 2.86. The summed E-state index contributed by atoms with van der Waals surface area (Å²) in [6.07, 6.45) is 1.33. The molecule has 0 radical (unpaired) electrons. The van der Waals surface area contributed by atoms with E-state index in [1.54, 1.807) is 0 Å². The van der Waals surface area contributed by atoms with Crippen molar-refractivity contribution in [3.05, 3.63) is 28.8 Å². The Morgan fingerprint density at radius 1 is 1.18 bits per heavy atom. The topological polar surface area (TPSA) is 72.7 Å². The molecule has 1 rings (SSSR count). The van der Waals surface area contributed by atoms with Crippen LogP contribution in [-0.2, 0) is 11.8 Å². The molecular weight excluding hydrogens is 278 g/mol. The number of hydrogen-bond donors (Lipinski definition) is 4. The lowest BCUT2D eigenvalue weighted by molar-refractivity contribution is 0.163. The molecular formula is C18H31NO3. The molecule has 1 atom stereocenters. The van der Waals surface area contributed by atoms with E-state index in [9.17, 15) is 10.2 Å². The summed E-state index contributed by atoms with van der Waals surface area (Å²) in [4.78, 5) is 0. The third kappa shape index (κ3) is 5.95. The highest BCUT2D eigenvalue weighted by molar-refractivity contribution is 5.45. The standard InChI is InChI=1S/C18H31NO3/c1-13-10-15(18(2,3)4)11-14(17(13)22)12-16(21)6-8-19-7-5-9-20/h10-11,16,19-22H,5-9,12H2,1-4H3. The maximum Gasteiger partial charge on any atom is 0.121 e. The Bertz CT molecular complexity index is 466. The van der Waals surface area contributed by atoms with Gasteiger partial charge in [0, 0.05) is 13.0 Å². The van der Waals surface area contributed by atoms with E-state index in [-0.39, 0.29) is 12.0 Å². The van der Waals surface area contributed by atoms with Crippen molar-refractivity contribution in [3.8, 4) is 5.75 Å². The minimum Gasteiger partial charge on any atom is -0.507 e. The molecule has 4 heteroatoms. The lowest BCUT2D eigenvalue weighted by Crippen LogP contribution is -2.23. The molecule has 0 aliphatic rings. The van der Waals surface area contributed by atoms with E-state index >= 15 is 0 Å². The average Bonchev–Trinajstić information content (AvgIpc) is 2.42. The highest BCUT2D eigenvalue weighted by Crippen LogP contribution is 2.31. The molecule has 0 spiro atoms. The van der Waals surface area contributed by atoms with Crippen LogP contribution >= 0.6 is 0 Å². The monoisotopic (exact) mass is 309 g/mol. The van der Waals surface area contributed by atoms with E-state index in [2.05, 4.69) is 26.1 Å². The molecule has 0 aromatic heterocycles. The molecule has 4 nitrogen and oxygen atoms in total. The minimum absolute atomic E-state index is 0.0179. The van der Waals surface area contributed by atoms with Crippen LogP contribution in [0.5, 0.6) is 5.75 Å². The summed E-state index contributed by atoms with van der Waals surface area (Å²) in [6.45, 7) is 9.98. The first kappa shape index (κ1) is 18.9. The SMILES string of the molecule is Cc1cc(C(C)(C)C)cc(CC(O)CCNCCCO)c1O. The van der Waals surface area contributed by atoms with Gasteiger partial charge in [-0.25, -0.2) is 0 Å². The molecule has 0 heterocycles. The summed E-state index contributed by atoms with van der Waals surface area (Å²) in [7, 11) is 0. The molecule has 0 saturated carbocycles. The fourth-order valence-electron chi connectivity index (χ4n) is 2.39. The van der Waals surface area contributed by atoms with Gasteiger partial charge in [0.25, 0.3) is 0 Å². The van der Waals surface area contributed by atoms with Gasteiger partial charge in [-0.3, -0.25) is 0 Å². The van der Waals surface area contributed by atoms with Crippen molar-refractivity contribution in [2.24, 2.45) is 0 Å². The van der Waals surface area contributed by atoms with Gasteiger partial charge in [0.1, 0.15) is 5.75 Å². The van der Waals surface area contributed by atoms with Crippen molar-refractivity contribution in [3.63, 3.8) is 0 Å². The Labute approximate surface area is 134 Å². The largest absolute Gasteiger partial charge is 0.507 e. The lowest BCUT2D eigenvalue weighted by Gasteiger charge is -2.22. The van der Waals surface area contributed by atoms with Crippen LogP contribution in [0.25, 0.3) is 0 Å². The number of rotatable bonds is 8. The average molecular weight is 309 g/mol. The van der Waals surface area contributed by atoms with Crippen LogP contribution in [0.4, 0.5) is 0 Å². The summed E-state index contributed by atoms with van der Waals surface area (Å²) in [6, 6.07) is 4.02. The van der Waals surface area contributed by atoms with Crippen LogP contribution in [0.15, 0.2) is 12.1 Å². The van der Waals surface area contributed by atoms with Crippen molar-refractivity contribution >= 4 is 0 Å². The number of hydrogen-bond acceptors (Lipinski definition) is 4. The van der Waals surface area contributed by atoms with Gasteiger partial charge in [-0.15, -0.1) is 0 Å². The number of aromatic hydroxyl groups is 1. The van der Waals surface area contributed by atoms with Gasteiger partial charge >= 0.3 is 0 Å². The van der Waals surface area contributed by atoms with Crippen LogP contribution in [0, 0.1) is 6.92 Å². The number of aliphatic hydroxyl groups is 2. The second kappa shape index (κ2) is 8.51. The molecule has 0 fully saturated rings. The van der Waals surface area contributed by atoms with Gasteiger partial charge < -0.3 is 20.6 Å². The van der Waals surface area contributed by atoms with E-state index in [0.717, 1.165) is 24.1 Å². The van der Waals surface area contributed by atoms with E-state index in [4.69, 9.17) is 5.11 Å². The molecule has 1 aromatic rings. The molecule has 0 aliphatic carbocycles. The highest BCUT2D eigenvalue weighted by atomic mass is 16.3. The van der Waals surface area contributed by atoms with Crippen LogP contribution in [-0.4, -0.2) is 41.1 Å². The second-order valence-corrected chi connectivity index (χ2v) is 7.02. The van der Waals surface area contributed by atoms with Gasteiger partial charge in [-0.05, 0) is 55.0 Å². The fourth-order valence-corrected chi connectivity index (χ4v) is 2.39. The Hall–Kier alpha value is -1.10. The third-order valence-electron chi connectivity index (χ3n) is 3.87. The Kier molecular flexibility index (Phi) is 7.33. The smallest absolute Gasteiger partial charge is 0.121 e. The van der Waals surface area contributed by atoms with E-state index in [0.29, 0.717) is 25.1 Å². The number of aliphatic hydroxyl groups excluding tert-OH is 2. The van der Waals surface area contributed by atoms with Gasteiger partial charge in [0.2, 0.25) is 0 Å². The number of phenolic OH excluding ortho intramolecular Hbond substituents is 1. The van der Waals surface area contributed by atoms with Crippen molar-refractivity contribution in [1.29, 1.82) is 0 Å². The summed E-state index contributed by atoms with van der Waals surface area (Å²) in [5.74, 6) is 0.292. The van der Waals surface area contributed by atoms with Gasteiger partial charge in [0.15, 0.2) is 0 Å². The Balaban J connectivity index is 2.66. The number of nitrogens with one attached hydrogen (secondary N) is 1.